The molecule has 0 radical (unpaired) electrons. The van der Waals surface area contributed by atoms with Crippen molar-refractivity contribution >= 4 is 5.97 Å². The highest BCUT2D eigenvalue weighted by Crippen LogP contribution is 2.27. The van der Waals surface area contributed by atoms with Crippen LogP contribution in [0.5, 0.6) is 0 Å². The first-order valence-corrected chi connectivity index (χ1v) is 6.92. The van der Waals surface area contributed by atoms with Crippen molar-refractivity contribution in [3.8, 4) is 0 Å². The Morgan fingerprint density at radius 1 is 1.42 bits per heavy atom. The summed E-state index contributed by atoms with van der Waals surface area (Å²) in [5.74, 6) is -0.321. The third-order valence-corrected chi connectivity index (χ3v) is 3.94. The second-order valence-electron chi connectivity index (χ2n) is 5.46. The van der Waals surface area contributed by atoms with Gasteiger partial charge in [0.05, 0.1) is 18.4 Å². The molecular formula is C15H22N2O2. The van der Waals surface area contributed by atoms with Gasteiger partial charge in [0.2, 0.25) is 0 Å². The Hall–Kier alpha value is -1.42. The average Bonchev–Trinajstić information content (AvgIpc) is 2.45. The summed E-state index contributed by atoms with van der Waals surface area (Å²) in [6, 6.07) is 3.52. The Bertz CT molecular complexity index is 440. The molecule has 2 rings (SSSR count). The minimum Gasteiger partial charge on any atom is -0.465 e. The van der Waals surface area contributed by atoms with E-state index in [0.717, 1.165) is 5.69 Å². The van der Waals surface area contributed by atoms with E-state index in [9.17, 15) is 4.79 Å². The maximum absolute atomic E-state index is 11.7. The van der Waals surface area contributed by atoms with E-state index in [1.165, 1.54) is 39.2 Å². The van der Waals surface area contributed by atoms with Gasteiger partial charge in [0.25, 0.3) is 0 Å². The van der Waals surface area contributed by atoms with Crippen LogP contribution >= 0.6 is 0 Å². The maximum atomic E-state index is 11.7. The fraction of sp³-hybridized carbons (Fsp3) is 0.600. The van der Waals surface area contributed by atoms with Gasteiger partial charge in [-0.3, -0.25) is 4.98 Å². The number of carbonyl (C=O) groups is 1. The summed E-state index contributed by atoms with van der Waals surface area (Å²) in [6.45, 7) is 2.87. The van der Waals surface area contributed by atoms with Crippen LogP contribution in [0.1, 0.15) is 55.1 Å². The molecule has 4 nitrogen and oxygen atoms in total. The molecule has 0 aromatic carbocycles. The first kappa shape index (κ1) is 14.0. The van der Waals surface area contributed by atoms with Gasteiger partial charge in [-0.25, -0.2) is 4.79 Å². The third-order valence-electron chi connectivity index (χ3n) is 3.94. The number of nitrogens with zero attached hydrogens (tertiary/aromatic N) is 1. The molecule has 19 heavy (non-hydrogen) atoms. The Balaban J connectivity index is 2.04. The van der Waals surface area contributed by atoms with Crippen molar-refractivity contribution in [1.29, 1.82) is 0 Å². The maximum Gasteiger partial charge on any atom is 0.339 e. The van der Waals surface area contributed by atoms with Crippen molar-refractivity contribution in [3.05, 3.63) is 29.6 Å². The molecule has 1 heterocycles. The Kier molecular flexibility index (Phi) is 4.53. The zero-order valence-electron chi connectivity index (χ0n) is 11.7. The number of esters is 1. The van der Waals surface area contributed by atoms with Crippen molar-refractivity contribution in [3.63, 3.8) is 0 Å². The summed E-state index contributed by atoms with van der Waals surface area (Å²) < 4.78 is 4.79. The molecule has 0 bridgehead atoms. The number of ether oxygens (including phenoxy) is 1. The Morgan fingerprint density at radius 3 is 2.84 bits per heavy atom. The molecule has 1 aliphatic rings. The van der Waals surface area contributed by atoms with Gasteiger partial charge in [-0.05, 0) is 31.9 Å². The molecule has 0 unspecified atom stereocenters. The van der Waals surface area contributed by atoms with Crippen molar-refractivity contribution in [1.82, 2.24) is 10.3 Å². The van der Waals surface area contributed by atoms with Crippen LogP contribution in [0.25, 0.3) is 0 Å². The summed E-state index contributed by atoms with van der Waals surface area (Å²) >= 11 is 0. The molecule has 0 saturated heterocycles. The van der Waals surface area contributed by atoms with E-state index in [0.29, 0.717) is 12.1 Å². The smallest absolute Gasteiger partial charge is 0.339 e. The van der Waals surface area contributed by atoms with Gasteiger partial charge >= 0.3 is 5.97 Å². The highest BCUT2D eigenvalue weighted by Gasteiger charge is 2.26. The SMILES string of the molecule is COC(=O)c1cccnc1CNC1(C)CCCCC1. The first-order valence-electron chi connectivity index (χ1n) is 6.92. The fourth-order valence-electron chi connectivity index (χ4n) is 2.68. The van der Waals surface area contributed by atoms with Crippen LogP contribution in [0.15, 0.2) is 18.3 Å². The van der Waals surface area contributed by atoms with E-state index in [1.54, 1.807) is 18.3 Å². The van der Waals surface area contributed by atoms with Crippen LogP contribution in [0.3, 0.4) is 0 Å². The highest BCUT2D eigenvalue weighted by atomic mass is 16.5. The second-order valence-corrected chi connectivity index (χ2v) is 5.46. The number of rotatable bonds is 4. The molecule has 1 saturated carbocycles. The normalized spacial score (nSPS) is 18.0. The molecule has 1 aromatic heterocycles. The van der Waals surface area contributed by atoms with Crippen molar-refractivity contribution in [2.75, 3.05) is 7.11 Å². The summed E-state index contributed by atoms with van der Waals surface area (Å²) in [5, 5.41) is 3.56. The minimum atomic E-state index is -0.321. The zero-order chi connectivity index (χ0) is 13.7. The lowest BCUT2D eigenvalue weighted by Gasteiger charge is -2.34. The van der Waals surface area contributed by atoms with E-state index in [-0.39, 0.29) is 11.5 Å². The number of hydrogen-bond donors (Lipinski definition) is 1. The first-order chi connectivity index (χ1) is 9.14. The van der Waals surface area contributed by atoms with E-state index in [2.05, 4.69) is 17.2 Å². The molecule has 1 aromatic rings. The predicted octanol–water partition coefficient (Wildman–Crippen LogP) is 2.68. The number of nitrogens with one attached hydrogen (secondary N) is 1. The van der Waals surface area contributed by atoms with Crippen molar-refractivity contribution in [2.45, 2.75) is 51.1 Å². The van der Waals surface area contributed by atoms with Crippen LogP contribution in [0.2, 0.25) is 0 Å². The summed E-state index contributed by atoms with van der Waals surface area (Å²) in [7, 11) is 1.40. The second kappa shape index (κ2) is 6.15. The van der Waals surface area contributed by atoms with Gasteiger partial charge in [0.1, 0.15) is 0 Å². The van der Waals surface area contributed by atoms with Gasteiger partial charge in [0.15, 0.2) is 0 Å². The van der Waals surface area contributed by atoms with Crippen LogP contribution in [-0.4, -0.2) is 23.6 Å². The fourth-order valence-corrected chi connectivity index (χ4v) is 2.68. The molecule has 0 spiro atoms. The molecular weight excluding hydrogens is 240 g/mol. The summed E-state index contributed by atoms with van der Waals surface area (Å²) in [4.78, 5) is 16.0. The topological polar surface area (TPSA) is 51.2 Å². The van der Waals surface area contributed by atoms with E-state index >= 15 is 0 Å². The Labute approximate surface area is 114 Å². The number of aromatic nitrogens is 1. The number of methoxy groups -OCH3 is 1. The largest absolute Gasteiger partial charge is 0.465 e. The lowest BCUT2D eigenvalue weighted by atomic mass is 9.83. The molecule has 1 N–H and O–H groups in total. The molecule has 0 atom stereocenters. The number of pyridine rings is 1. The number of hydrogen-bond acceptors (Lipinski definition) is 4. The molecule has 104 valence electrons. The third kappa shape index (κ3) is 3.53. The van der Waals surface area contributed by atoms with E-state index in [1.807, 2.05) is 0 Å². The minimum absolute atomic E-state index is 0.170. The van der Waals surface area contributed by atoms with Crippen LogP contribution < -0.4 is 5.32 Å². The molecule has 4 heteroatoms. The molecule has 1 aliphatic carbocycles. The van der Waals surface area contributed by atoms with Gasteiger partial charge in [-0.15, -0.1) is 0 Å². The lowest BCUT2D eigenvalue weighted by molar-refractivity contribution is 0.0598. The molecule has 1 fully saturated rings. The van der Waals surface area contributed by atoms with Crippen LogP contribution in [-0.2, 0) is 11.3 Å². The zero-order valence-corrected chi connectivity index (χ0v) is 11.7. The van der Waals surface area contributed by atoms with E-state index < -0.39 is 0 Å². The van der Waals surface area contributed by atoms with Crippen molar-refractivity contribution in [2.24, 2.45) is 0 Å². The van der Waals surface area contributed by atoms with Gasteiger partial charge < -0.3 is 10.1 Å². The highest BCUT2D eigenvalue weighted by molar-refractivity contribution is 5.90. The standard InChI is InChI=1S/C15H22N2O2/c1-15(8-4-3-5-9-15)17-11-13-12(14(18)19-2)7-6-10-16-13/h6-7,10,17H,3-5,8-9,11H2,1-2H3. The molecule has 0 aliphatic heterocycles. The molecule has 0 amide bonds. The van der Waals surface area contributed by atoms with Crippen molar-refractivity contribution < 1.29 is 9.53 Å². The van der Waals surface area contributed by atoms with Gasteiger partial charge in [0, 0.05) is 18.3 Å². The van der Waals surface area contributed by atoms with Gasteiger partial charge in [-0.1, -0.05) is 19.3 Å². The van der Waals surface area contributed by atoms with Crippen LogP contribution in [0.4, 0.5) is 0 Å². The summed E-state index contributed by atoms with van der Waals surface area (Å²) in [5.41, 5.74) is 1.49. The number of carbonyl (C=O) groups excluding carboxylic acids is 1. The Morgan fingerprint density at radius 2 is 2.16 bits per heavy atom. The average molecular weight is 262 g/mol. The van der Waals surface area contributed by atoms with Crippen LogP contribution in [0, 0.1) is 0 Å². The lowest BCUT2D eigenvalue weighted by Crippen LogP contribution is -2.43. The quantitative estimate of drug-likeness (QED) is 0.848. The predicted molar refractivity (Wildman–Crippen MR) is 73.9 cm³/mol. The van der Waals surface area contributed by atoms with E-state index in [4.69, 9.17) is 4.74 Å². The monoisotopic (exact) mass is 262 g/mol. The van der Waals surface area contributed by atoms with Gasteiger partial charge in [-0.2, -0.15) is 0 Å². The summed E-state index contributed by atoms with van der Waals surface area (Å²) in [6.07, 6.45) is 7.97.